The van der Waals surface area contributed by atoms with Gasteiger partial charge in [-0.1, -0.05) is 53.5 Å². The first-order valence-electron chi connectivity index (χ1n) is 5.58. The molecule has 1 amide bonds. The van der Waals surface area contributed by atoms with Crippen molar-refractivity contribution in [3.8, 4) is 5.75 Å². The molecular formula is C14H11Cl2NO2. The molecule has 2 N–H and O–H groups in total. The van der Waals surface area contributed by atoms with E-state index in [9.17, 15) is 9.90 Å². The van der Waals surface area contributed by atoms with Crippen LogP contribution in [0, 0.1) is 0 Å². The summed E-state index contributed by atoms with van der Waals surface area (Å²) in [5.41, 5.74) is 1.30. The number of benzene rings is 2. The highest BCUT2D eigenvalue weighted by molar-refractivity contribution is 6.37. The average Bonchev–Trinajstić information content (AvgIpc) is 2.42. The lowest BCUT2D eigenvalue weighted by Crippen LogP contribution is -2.22. The largest absolute Gasteiger partial charge is 0.505 e. The van der Waals surface area contributed by atoms with Crippen LogP contribution in [0.3, 0.4) is 0 Å². The summed E-state index contributed by atoms with van der Waals surface area (Å²) < 4.78 is 0. The van der Waals surface area contributed by atoms with Crippen LogP contribution in [0.25, 0.3) is 0 Å². The molecule has 0 aliphatic heterocycles. The summed E-state index contributed by atoms with van der Waals surface area (Å²) in [6, 6.07) is 12.3. The van der Waals surface area contributed by atoms with E-state index in [-0.39, 0.29) is 21.7 Å². The molecule has 5 heteroatoms. The standard InChI is InChI=1S/C14H11Cl2NO2/c15-11-6-10(7-12(16)13(11)18)14(19)17-8-9-4-2-1-3-5-9/h1-7,18H,8H2,(H,17,19). The number of carbonyl (C=O) groups is 1. The average molecular weight is 296 g/mol. The molecule has 0 saturated heterocycles. The predicted octanol–water partition coefficient (Wildman–Crippen LogP) is 3.63. The molecule has 0 aliphatic rings. The lowest BCUT2D eigenvalue weighted by Gasteiger charge is -2.07. The Balaban J connectivity index is 2.08. The number of hydrogen-bond donors (Lipinski definition) is 2. The topological polar surface area (TPSA) is 49.3 Å². The Kier molecular flexibility index (Phi) is 4.30. The SMILES string of the molecule is O=C(NCc1ccccc1)c1cc(Cl)c(O)c(Cl)c1. The minimum atomic E-state index is -0.298. The maximum Gasteiger partial charge on any atom is 0.251 e. The van der Waals surface area contributed by atoms with Gasteiger partial charge in [0.25, 0.3) is 5.91 Å². The molecule has 0 fully saturated rings. The van der Waals surface area contributed by atoms with Crippen molar-refractivity contribution in [3.05, 3.63) is 63.6 Å². The number of nitrogens with one attached hydrogen (secondary N) is 1. The molecule has 2 rings (SSSR count). The smallest absolute Gasteiger partial charge is 0.251 e. The number of phenols is 1. The zero-order valence-corrected chi connectivity index (χ0v) is 11.4. The minimum Gasteiger partial charge on any atom is -0.505 e. The molecule has 0 aliphatic carbocycles. The molecule has 3 nitrogen and oxygen atoms in total. The number of hydrogen-bond acceptors (Lipinski definition) is 2. The maximum absolute atomic E-state index is 11.9. The summed E-state index contributed by atoms with van der Waals surface area (Å²) >= 11 is 11.5. The molecule has 0 unspecified atom stereocenters. The lowest BCUT2D eigenvalue weighted by molar-refractivity contribution is 0.0951. The summed E-state index contributed by atoms with van der Waals surface area (Å²) in [6.07, 6.45) is 0. The molecule has 0 saturated carbocycles. The van der Waals surface area contributed by atoms with Crippen molar-refractivity contribution in [3.63, 3.8) is 0 Å². The first-order chi connectivity index (χ1) is 9.08. The lowest BCUT2D eigenvalue weighted by atomic mass is 10.2. The monoisotopic (exact) mass is 295 g/mol. The Morgan fingerprint density at radius 1 is 1.11 bits per heavy atom. The Hall–Kier alpha value is -1.71. The van der Waals surface area contributed by atoms with Crippen LogP contribution in [0.4, 0.5) is 0 Å². The van der Waals surface area contributed by atoms with Gasteiger partial charge in [-0.25, -0.2) is 0 Å². The summed E-state index contributed by atoms with van der Waals surface area (Å²) in [5, 5.41) is 12.3. The van der Waals surface area contributed by atoms with Crippen molar-refractivity contribution in [1.29, 1.82) is 0 Å². The molecule has 0 radical (unpaired) electrons. The minimum absolute atomic E-state index is 0.0531. The molecule has 98 valence electrons. The number of carbonyl (C=O) groups excluding carboxylic acids is 1. The van der Waals surface area contributed by atoms with E-state index in [1.165, 1.54) is 12.1 Å². The molecule has 0 bridgehead atoms. The highest BCUT2D eigenvalue weighted by Crippen LogP contribution is 2.32. The Morgan fingerprint density at radius 3 is 2.26 bits per heavy atom. The van der Waals surface area contributed by atoms with E-state index >= 15 is 0 Å². The van der Waals surface area contributed by atoms with Crippen LogP contribution in [0.5, 0.6) is 5.75 Å². The second kappa shape index (κ2) is 5.95. The fourth-order valence-corrected chi connectivity index (χ4v) is 2.06. The molecule has 2 aromatic rings. The summed E-state index contributed by atoms with van der Waals surface area (Å²) in [5.74, 6) is -0.518. The van der Waals surface area contributed by atoms with Gasteiger partial charge in [0.1, 0.15) is 0 Å². The molecular weight excluding hydrogens is 285 g/mol. The van der Waals surface area contributed by atoms with E-state index in [0.29, 0.717) is 12.1 Å². The number of halogens is 2. The third kappa shape index (κ3) is 3.40. The first kappa shape index (κ1) is 13.7. The quantitative estimate of drug-likeness (QED) is 0.908. The molecule has 19 heavy (non-hydrogen) atoms. The van der Waals surface area contributed by atoms with Gasteiger partial charge in [0.05, 0.1) is 10.0 Å². The van der Waals surface area contributed by atoms with Crippen LogP contribution in [0.1, 0.15) is 15.9 Å². The summed E-state index contributed by atoms with van der Waals surface area (Å²) in [4.78, 5) is 11.9. The van der Waals surface area contributed by atoms with Gasteiger partial charge < -0.3 is 10.4 Å². The summed E-state index contributed by atoms with van der Waals surface area (Å²) in [7, 11) is 0. The van der Waals surface area contributed by atoms with Crippen molar-refractivity contribution in [2.24, 2.45) is 0 Å². The Bertz CT molecular complexity index is 577. The van der Waals surface area contributed by atoms with E-state index in [1.807, 2.05) is 30.3 Å². The Labute approximate surface area is 120 Å². The number of phenolic OH excluding ortho intramolecular Hbond substituents is 1. The normalized spacial score (nSPS) is 10.2. The van der Waals surface area contributed by atoms with Crippen molar-refractivity contribution >= 4 is 29.1 Å². The van der Waals surface area contributed by atoms with Crippen LogP contribution < -0.4 is 5.32 Å². The van der Waals surface area contributed by atoms with Gasteiger partial charge in [-0.3, -0.25) is 4.79 Å². The fraction of sp³-hybridized carbons (Fsp3) is 0.0714. The van der Waals surface area contributed by atoms with Crippen LogP contribution in [-0.4, -0.2) is 11.0 Å². The van der Waals surface area contributed by atoms with Gasteiger partial charge in [-0.2, -0.15) is 0 Å². The van der Waals surface area contributed by atoms with Crippen LogP contribution in [0.15, 0.2) is 42.5 Å². The van der Waals surface area contributed by atoms with Crippen molar-refractivity contribution < 1.29 is 9.90 Å². The second-order valence-electron chi connectivity index (χ2n) is 3.96. The van der Waals surface area contributed by atoms with Gasteiger partial charge >= 0.3 is 0 Å². The molecule has 0 aromatic heterocycles. The van der Waals surface area contributed by atoms with E-state index in [0.717, 1.165) is 5.56 Å². The maximum atomic E-state index is 11.9. The van der Waals surface area contributed by atoms with Crippen molar-refractivity contribution in [2.75, 3.05) is 0 Å². The van der Waals surface area contributed by atoms with Gasteiger partial charge in [-0.05, 0) is 17.7 Å². The molecule has 2 aromatic carbocycles. The number of rotatable bonds is 3. The van der Waals surface area contributed by atoms with Gasteiger partial charge in [0.2, 0.25) is 0 Å². The van der Waals surface area contributed by atoms with E-state index < -0.39 is 0 Å². The van der Waals surface area contributed by atoms with Crippen LogP contribution >= 0.6 is 23.2 Å². The van der Waals surface area contributed by atoms with Crippen molar-refractivity contribution in [1.82, 2.24) is 5.32 Å². The van der Waals surface area contributed by atoms with Gasteiger partial charge in [0.15, 0.2) is 5.75 Å². The van der Waals surface area contributed by atoms with E-state index in [1.54, 1.807) is 0 Å². The number of aromatic hydroxyl groups is 1. The highest BCUT2D eigenvalue weighted by Gasteiger charge is 2.11. The van der Waals surface area contributed by atoms with Gasteiger partial charge in [-0.15, -0.1) is 0 Å². The Morgan fingerprint density at radius 2 is 1.68 bits per heavy atom. The molecule has 0 spiro atoms. The molecule has 0 atom stereocenters. The third-order valence-corrected chi connectivity index (χ3v) is 3.15. The van der Waals surface area contributed by atoms with Gasteiger partial charge in [0, 0.05) is 12.1 Å². The predicted molar refractivity (Wildman–Crippen MR) is 75.7 cm³/mol. The zero-order chi connectivity index (χ0) is 13.8. The zero-order valence-electron chi connectivity index (χ0n) is 9.86. The first-order valence-corrected chi connectivity index (χ1v) is 6.33. The number of amides is 1. The van der Waals surface area contributed by atoms with Crippen LogP contribution in [-0.2, 0) is 6.54 Å². The fourth-order valence-electron chi connectivity index (χ4n) is 1.58. The van der Waals surface area contributed by atoms with Crippen molar-refractivity contribution in [2.45, 2.75) is 6.54 Å². The second-order valence-corrected chi connectivity index (χ2v) is 4.77. The molecule has 0 heterocycles. The van der Waals surface area contributed by atoms with E-state index in [2.05, 4.69) is 5.32 Å². The third-order valence-electron chi connectivity index (χ3n) is 2.57. The van der Waals surface area contributed by atoms with Crippen LogP contribution in [0.2, 0.25) is 10.0 Å². The highest BCUT2D eigenvalue weighted by atomic mass is 35.5. The van der Waals surface area contributed by atoms with E-state index in [4.69, 9.17) is 23.2 Å². The summed E-state index contributed by atoms with van der Waals surface area (Å²) in [6.45, 7) is 0.412.